The van der Waals surface area contributed by atoms with Crippen LogP contribution in [0.3, 0.4) is 0 Å². The highest BCUT2D eigenvalue weighted by Gasteiger charge is 2.47. The van der Waals surface area contributed by atoms with E-state index in [0.29, 0.717) is 24.7 Å². The summed E-state index contributed by atoms with van der Waals surface area (Å²) < 4.78 is 50.0. The molecule has 1 saturated heterocycles. The average Bonchev–Trinajstić information content (AvgIpc) is 3.34. The number of para-hydroxylation sites is 1. The number of imidazole rings is 1. The molecule has 168 valence electrons. The van der Waals surface area contributed by atoms with Crippen molar-refractivity contribution >= 4 is 0 Å². The van der Waals surface area contributed by atoms with Crippen LogP contribution in [0.4, 0.5) is 13.2 Å². The summed E-state index contributed by atoms with van der Waals surface area (Å²) in [5, 5.41) is 0. The second kappa shape index (κ2) is 8.15. The van der Waals surface area contributed by atoms with Crippen molar-refractivity contribution in [3.05, 3.63) is 48.3 Å². The van der Waals surface area contributed by atoms with Gasteiger partial charge in [0.05, 0.1) is 6.04 Å². The van der Waals surface area contributed by atoms with Gasteiger partial charge in [0.15, 0.2) is 11.6 Å². The number of hydrogen-bond acceptors (Lipinski definition) is 3. The predicted octanol–water partition coefficient (Wildman–Crippen LogP) is 5.24. The molecule has 2 heterocycles. The van der Waals surface area contributed by atoms with Crippen LogP contribution < -0.4 is 4.74 Å². The van der Waals surface area contributed by atoms with Gasteiger partial charge in [-0.3, -0.25) is 4.90 Å². The quantitative estimate of drug-likeness (QED) is 0.661. The van der Waals surface area contributed by atoms with E-state index < -0.39 is 5.92 Å². The summed E-state index contributed by atoms with van der Waals surface area (Å²) in [6.07, 6.45) is 6.54. The Balaban J connectivity index is 1.34. The van der Waals surface area contributed by atoms with Gasteiger partial charge in [-0.05, 0) is 56.6 Å². The van der Waals surface area contributed by atoms with Crippen molar-refractivity contribution in [1.29, 1.82) is 0 Å². The number of nitrogens with zero attached hydrogens (tertiary/aromatic N) is 3. The summed E-state index contributed by atoms with van der Waals surface area (Å²) in [6.45, 7) is 3.86. The van der Waals surface area contributed by atoms with Crippen molar-refractivity contribution in [2.75, 3.05) is 13.1 Å². The zero-order chi connectivity index (χ0) is 21.6. The fourth-order valence-corrected chi connectivity index (χ4v) is 5.98. The smallest absolute Gasteiger partial charge is 0.248 e. The molecule has 1 aliphatic heterocycles. The first-order valence-electron chi connectivity index (χ1n) is 11.4. The van der Waals surface area contributed by atoms with Crippen molar-refractivity contribution in [3.63, 3.8) is 0 Å². The molecule has 0 unspecified atom stereocenters. The van der Waals surface area contributed by atoms with E-state index in [-0.39, 0.29) is 42.6 Å². The Morgan fingerprint density at radius 2 is 1.77 bits per heavy atom. The summed E-state index contributed by atoms with van der Waals surface area (Å²) in [4.78, 5) is 6.83. The van der Waals surface area contributed by atoms with Gasteiger partial charge in [0.1, 0.15) is 11.9 Å². The van der Waals surface area contributed by atoms with E-state index in [2.05, 4.69) is 14.5 Å². The lowest BCUT2D eigenvalue weighted by Gasteiger charge is -2.39. The summed E-state index contributed by atoms with van der Waals surface area (Å²) in [5.41, 5.74) is 0. The number of aromatic nitrogens is 2. The van der Waals surface area contributed by atoms with Gasteiger partial charge in [-0.2, -0.15) is 0 Å². The highest BCUT2D eigenvalue weighted by atomic mass is 19.3. The molecule has 0 amide bonds. The van der Waals surface area contributed by atoms with Gasteiger partial charge in [-0.25, -0.2) is 18.2 Å². The Labute approximate surface area is 181 Å². The number of halogens is 3. The maximum absolute atomic E-state index is 14.3. The lowest BCUT2D eigenvalue weighted by Crippen LogP contribution is -2.40. The molecule has 2 aromatic rings. The van der Waals surface area contributed by atoms with Crippen molar-refractivity contribution in [3.8, 4) is 5.75 Å². The third-order valence-electron chi connectivity index (χ3n) is 7.65. The molecule has 2 saturated carbocycles. The Morgan fingerprint density at radius 3 is 2.45 bits per heavy atom. The second-order valence-corrected chi connectivity index (χ2v) is 9.57. The van der Waals surface area contributed by atoms with Gasteiger partial charge >= 0.3 is 0 Å². The number of fused-ring (bicyclic) bond motifs is 1. The number of likely N-dealkylation sites (tertiary alicyclic amines) is 1. The van der Waals surface area contributed by atoms with Crippen molar-refractivity contribution in [2.45, 2.75) is 69.6 Å². The second-order valence-electron chi connectivity index (χ2n) is 9.57. The maximum atomic E-state index is 14.3. The molecule has 3 fully saturated rings. The van der Waals surface area contributed by atoms with E-state index in [0.717, 1.165) is 31.8 Å². The van der Waals surface area contributed by atoms with E-state index in [4.69, 9.17) is 4.74 Å². The number of aryl methyl sites for hydroxylation is 1. The van der Waals surface area contributed by atoms with Crippen LogP contribution in [0.25, 0.3) is 0 Å². The molecule has 2 aliphatic carbocycles. The van der Waals surface area contributed by atoms with Crippen molar-refractivity contribution in [1.82, 2.24) is 14.5 Å². The van der Waals surface area contributed by atoms with Gasteiger partial charge in [0.25, 0.3) is 0 Å². The summed E-state index contributed by atoms with van der Waals surface area (Å²) in [6, 6.07) is 6.90. The Hall–Kier alpha value is -2.02. The summed E-state index contributed by atoms with van der Waals surface area (Å²) in [5.74, 6) is -0.685. The first-order valence-corrected chi connectivity index (χ1v) is 11.4. The van der Waals surface area contributed by atoms with Crippen LogP contribution >= 0.6 is 0 Å². The monoisotopic (exact) mass is 433 g/mol. The van der Waals surface area contributed by atoms with Crippen molar-refractivity contribution in [2.24, 2.45) is 11.8 Å². The normalized spacial score (nSPS) is 31.5. The van der Waals surface area contributed by atoms with Crippen LogP contribution in [0, 0.1) is 24.6 Å². The maximum Gasteiger partial charge on any atom is 0.248 e. The minimum absolute atomic E-state index is 0.000619. The molecule has 4 nitrogen and oxygen atoms in total. The zero-order valence-electron chi connectivity index (χ0n) is 17.9. The van der Waals surface area contributed by atoms with Crippen LogP contribution in [-0.2, 0) is 0 Å². The predicted molar refractivity (Wildman–Crippen MR) is 112 cm³/mol. The average molecular weight is 434 g/mol. The fraction of sp³-hybridized carbons (Fsp3) is 0.625. The van der Waals surface area contributed by atoms with Crippen LogP contribution in [0.2, 0.25) is 0 Å². The molecular formula is C24H30F3N3O. The Morgan fingerprint density at radius 1 is 1.06 bits per heavy atom. The van der Waals surface area contributed by atoms with E-state index in [1.807, 2.05) is 13.1 Å². The molecule has 0 spiro atoms. The Bertz CT molecular complexity index is 907. The minimum Gasteiger partial charge on any atom is -0.485 e. The molecule has 0 N–H and O–H groups in total. The third-order valence-corrected chi connectivity index (χ3v) is 7.65. The van der Waals surface area contributed by atoms with Crippen LogP contribution in [-0.4, -0.2) is 45.6 Å². The number of rotatable bonds is 4. The first kappa shape index (κ1) is 20.9. The fourth-order valence-electron chi connectivity index (χ4n) is 5.98. The standard InChI is InChI=1S/C24H30F3N3O/c1-16-28-10-11-30(16)21-12-17-14-29(19-6-8-24(26,27)9-7-19)15-18(17)13-23(21)31-22-5-3-2-4-20(22)25/h2-5,10-11,17-19,21,23H,6-9,12-15H2,1H3/t17-,18+,21-,23-/m0/s1. The highest BCUT2D eigenvalue weighted by Crippen LogP contribution is 2.45. The van der Waals surface area contributed by atoms with Gasteiger partial charge in [-0.1, -0.05) is 12.1 Å². The molecule has 7 heteroatoms. The highest BCUT2D eigenvalue weighted by molar-refractivity contribution is 5.24. The zero-order valence-corrected chi connectivity index (χ0v) is 17.9. The van der Waals surface area contributed by atoms with Crippen LogP contribution in [0.5, 0.6) is 5.75 Å². The van der Waals surface area contributed by atoms with Gasteiger partial charge in [0, 0.05) is 44.4 Å². The SMILES string of the molecule is Cc1nccn1[C@H]1C[C@H]2CN(C3CCC(F)(F)CC3)C[C@H]2C[C@@H]1Oc1ccccc1F. The molecular weight excluding hydrogens is 403 g/mol. The lowest BCUT2D eigenvalue weighted by atomic mass is 9.77. The summed E-state index contributed by atoms with van der Waals surface area (Å²) in [7, 11) is 0. The molecule has 0 bridgehead atoms. The number of alkyl halides is 2. The molecule has 1 aromatic carbocycles. The molecule has 31 heavy (non-hydrogen) atoms. The number of hydrogen-bond donors (Lipinski definition) is 0. The Kier molecular flexibility index (Phi) is 5.49. The minimum atomic E-state index is -2.49. The van der Waals surface area contributed by atoms with Crippen LogP contribution in [0.15, 0.2) is 36.7 Å². The van der Waals surface area contributed by atoms with E-state index in [9.17, 15) is 13.2 Å². The molecule has 3 aliphatic rings. The van der Waals surface area contributed by atoms with Gasteiger partial charge in [0.2, 0.25) is 5.92 Å². The molecule has 5 rings (SSSR count). The number of benzene rings is 1. The van der Waals surface area contributed by atoms with Crippen LogP contribution in [0.1, 0.15) is 50.4 Å². The lowest BCUT2D eigenvalue weighted by molar-refractivity contribution is -0.0520. The topological polar surface area (TPSA) is 30.3 Å². The van der Waals surface area contributed by atoms with E-state index in [1.165, 1.54) is 6.07 Å². The van der Waals surface area contributed by atoms with Crippen molar-refractivity contribution < 1.29 is 17.9 Å². The molecule has 4 atom stereocenters. The van der Waals surface area contributed by atoms with Gasteiger partial charge < -0.3 is 9.30 Å². The molecule has 1 aromatic heterocycles. The van der Waals surface area contributed by atoms with Gasteiger partial charge in [-0.15, -0.1) is 0 Å². The van der Waals surface area contributed by atoms with E-state index >= 15 is 0 Å². The largest absolute Gasteiger partial charge is 0.485 e. The third kappa shape index (κ3) is 4.21. The summed E-state index contributed by atoms with van der Waals surface area (Å²) >= 11 is 0. The molecule has 0 radical (unpaired) electrons. The number of ether oxygens (including phenoxy) is 1. The van der Waals surface area contributed by atoms with E-state index in [1.54, 1.807) is 24.4 Å². The first-order chi connectivity index (χ1) is 14.9.